The van der Waals surface area contributed by atoms with E-state index < -0.39 is 17.6 Å². The van der Waals surface area contributed by atoms with E-state index in [0.717, 1.165) is 0 Å². The van der Waals surface area contributed by atoms with Gasteiger partial charge in [-0.3, -0.25) is 10.1 Å². The van der Waals surface area contributed by atoms with Crippen LogP contribution in [0.15, 0.2) is 85.1 Å². The molecule has 0 saturated heterocycles. The highest BCUT2D eigenvalue weighted by Gasteiger charge is 2.19. The van der Waals surface area contributed by atoms with Crippen molar-refractivity contribution in [3.63, 3.8) is 0 Å². The molecule has 0 saturated carbocycles. The molecule has 0 atom stereocenters. The van der Waals surface area contributed by atoms with Crippen molar-refractivity contribution in [3.05, 3.63) is 90.6 Å². The predicted molar refractivity (Wildman–Crippen MR) is 149 cm³/mol. The van der Waals surface area contributed by atoms with Crippen LogP contribution in [0.3, 0.4) is 0 Å². The molecule has 0 bridgehead atoms. The fourth-order valence-corrected chi connectivity index (χ4v) is 3.38. The van der Waals surface area contributed by atoms with E-state index in [9.17, 15) is 9.59 Å². The molecule has 0 radical (unpaired) electrons. The molecule has 0 spiro atoms. The Hall–Kier alpha value is -5.12. The van der Waals surface area contributed by atoms with Crippen LogP contribution in [0.5, 0.6) is 17.4 Å². The summed E-state index contributed by atoms with van der Waals surface area (Å²) in [7, 11) is 1.58. The summed E-state index contributed by atoms with van der Waals surface area (Å²) in [5.41, 5.74) is 1.20. The number of para-hydroxylation sites is 1. The predicted octanol–water partition coefficient (Wildman–Crippen LogP) is 6.62. The normalized spacial score (nSPS) is 10.8. The first-order chi connectivity index (χ1) is 18.7. The van der Waals surface area contributed by atoms with Crippen LogP contribution < -0.4 is 25.4 Å². The van der Waals surface area contributed by atoms with Gasteiger partial charge in [0, 0.05) is 35.4 Å². The zero-order valence-electron chi connectivity index (χ0n) is 22.0. The van der Waals surface area contributed by atoms with Crippen LogP contribution >= 0.6 is 0 Å². The van der Waals surface area contributed by atoms with Gasteiger partial charge in [0.25, 0.3) is 5.91 Å². The molecule has 0 fully saturated rings. The van der Waals surface area contributed by atoms with Crippen molar-refractivity contribution >= 4 is 35.0 Å². The Morgan fingerprint density at radius 3 is 2.18 bits per heavy atom. The van der Waals surface area contributed by atoms with Gasteiger partial charge in [0.15, 0.2) is 0 Å². The minimum atomic E-state index is -0.646. The molecule has 1 heterocycles. The second-order valence-electron chi connectivity index (χ2n) is 9.35. The number of amides is 2. The van der Waals surface area contributed by atoms with Gasteiger partial charge in [0.1, 0.15) is 22.7 Å². The number of rotatable bonds is 8. The maximum absolute atomic E-state index is 13.1. The quantitative estimate of drug-likeness (QED) is 0.234. The highest BCUT2D eigenvalue weighted by atomic mass is 16.6. The molecule has 1 aromatic heterocycles. The third-order valence-electron chi connectivity index (χ3n) is 5.05. The number of carbonyl (C=O) groups is 2. The molecule has 0 unspecified atom stereocenters. The maximum Gasteiger partial charge on any atom is 0.412 e. The Balaban J connectivity index is 1.61. The Morgan fingerprint density at radius 2 is 1.46 bits per heavy atom. The first-order valence-electron chi connectivity index (χ1n) is 12.1. The molecule has 0 aliphatic carbocycles. The second kappa shape index (κ2) is 12.0. The number of hydrogen-bond acceptors (Lipinski definition) is 8. The molecule has 10 nitrogen and oxygen atoms in total. The smallest absolute Gasteiger partial charge is 0.412 e. The van der Waals surface area contributed by atoms with Crippen LogP contribution in [-0.4, -0.2) is 34.7 Å². The minimum absolute atomic E-state index is 0.0123. The summed E-state index contributed by atoms with van der Waals surface area (Å²) in [4.78, 5) is 34.1. The van der Waals surface area contributed by atoms with E-state index >= 15 is 0 Å². The van der Waals surface area contributed by atoms with Crippen LogP contribution in [0.1, 0.15) is 31.1 Å². The van der Waals surface area contributed by atoms with E-state index in [-0.39, 0.29) is 17.4 Å². The monoisotopic (exact) mass is 527 g/mol. The van der Waals surface area contributed by atoms with Gasteiger partial charge in [-0.1, -0.05) is 30.3 Å². The fraction of sp³-hybridized carbons (Fsp3) is 0.172. The Bertz CT molecular complexity index is 1450. The van der Waals surface area contributed by atoms with Crippen LogP contribution in [0.4, 0.5) is 27.8 Å². The second-order valence-corrected chi connectivity index (χ2v) is 9.35. The minimum Gasteiger partial charge on any atom is -0.497 e. The van der Waals surface area contributed by atoms with Crippen molar-refractivity contribution in [2.24, 2.45) is 0 Å². The van der Waals surface area contributed by atoms with Crippen LogP contribution in [0.2, 0.25) is 0 Å². The van der Waals surface area contributed by atoms with Gasteiger partial charge in [-0.15, -0.1) is 0 Å². The van der Waals surface area contributed by atoms with E-state index in [1.54, 1.807) is 70.3 Å². The molecule has 3 aromatic carbocycles. The molecular formula is C29H29N5O5. The standard InChI is InChI=1S/C29H29N5O5/c1-29(2,3)39-28(36)33-21-13-9-15-23(17-21)38-26-24(25(35)31-19-10-6-5-7-11-19)18-30-27(34-26)32-20-12-8-14-22(16-20)37-4/h5-18H,1-4H3,(H,31,35)(H,33,36)(H,30,32,34). The van der Waals surface area contributed by atoms with E-state index in [0.29, 0.717) is 28.6 Å². The van der Waals surface area contributed by atoms with Crippen molar-refractivity contribution in [1.29, 1.82) is 0 Å². The summed E-state index contributed by atoms with van der Waals surface area (Å²) in [5, 5.41) is 8.58. The molecule has 0 aliphatic rings. The number of aromatic nitrogens is 2. The molecule has 4 rings (SSSR count). The van der Waals surface area contributed by atoms with Crippen molar-refractivity contribution in [2.75, 3.05) is 23.1 Å². The third-order valence-corrected chi connectivity index (χ3v) is 5.05. The number of benzene rings is 3. The lowest BCUT2D eigenvalue weighted by molar-refractivity contribution is 0.0635. The Kier molecular flexibility index (Phi) is 8.25. The van der Waals surface area contributed by atoms with Gasteiger partial charge in [0.05, 0.1) is 7.11 Å². The molecular weight excluding hydrogens is 498 g/mol. The van der Waals surface area contributed by atoms with Crippen molar-refractivity contribution in [2.45, 2.75) is 26.4 Å². The van der Waals surface area contributed by atoms with Gasteiger partial charge in [-0.2, -0.15) is 4.98 Å². The Labute approximate surface area is 226 Å². The SMILES string of the molecule is COc1cccc(Nc2ncc(C(=O)Nc3ccccc3)c(Oc3cccc(NC(=O)OC(C)(C)C)c3)n2)c1. The number of nitrogens with one attached hydrogen (secondary N) is 3. The lowest BCUT2D eigenvalue weighted by atomic mass is 10.2. The summed E-state index contributed by atoms with van der Waals surface area (Å²) >= 11 is 0. The van der Waals surface area contributed by atoms with Crippen molar-refractivity contribution in [1.82, 2.24) is 9.97 Å². The van der Waals surface area contributed by atoms with Gasteiger partial charge in [-0.25, -0.2) is 9.78 Å². The number of anilines is 4. The van der Waals surface area contributed by atoms with E-state index in [1.165, 1.54) is 6.20 Å². The maximum atomic E-state index is 13.1. The largest absolute Gasteiger partial charge is 0.497 e. The van der Waals surface area contributed by atoms with Crippen LogP contribution in [0, 0.1) is 0 Å². The first kappa shape index (κ1) is 26.9. The van der Waals surface area contributed by atoms with Crippen LogP contribution in [-0.2, 0) is 4.74 Å². The summed E-state index contributed by atoms with van der Waals surface area (Å²) < 4.78 is 16.6. The summed E-state index contributed by atoms with van der Waals surface area (Å²) in [6.45, 7) is 5.33. The highest BCUT2D eigenvalue weighted by Crippen LogP contribution is 2.28. The molecule has 3 N–H and O–H groups in total. The number of ether oxygens (including phenoxy) is 3. The van der Waals surface area contributed by atoms with Gasteiger partial charge in [-0.05, 0) is 57.2 Å². The third kappa shape index (κ3) is 7.93. The molecule has 0 aliphatic heterocycles. The van der Waals surface area contributed by atoms with Crippen molar-refractivity contribution in [3.8, 4) is 17.4 Å². The molecule has 2 amide bonds. The zero-order valence-corrected chi connectivity index (χ0v) is 22.0. The lowest BCUT2D eigenvalue weighted by Gasteiger charge is -2.19. The topological polar surface area (TPSA) is 124 Å². The Morgan fingerprint density at radius 1 is 0.795 bits per heavy atom. The number of hydrogen-bond donors (Lipinski definition) is 3. The van der Waals surface area contributed by atoms with E-state index in [1.807, 2.05) is 36.4 Å². The van der Waals surface area contributed by atoms with Crippen LogP contribution in [0.25, 0.3) is 0 Å². The molecule has 4 aromatic rings. The number of carbonyl (C=O) groups excluding carboxylic acids is 2. The fourth-order valence-electron chi connectivity index (χ4n) is 3.38. The first-order valence-corrected chi connectivity index (χ1v) is 12.1. The van der Waals surface area contributed by atoms with Gasteiger partial charge < -0.3 is 24.8 Å². The van der Waals surface area contributed by atoms with Gasteiger partial charge >= 0.3 is 6.09 Å². The molecule has 10 heteroatoms. The average molecular weight is 528 g/mol. The summed E-state index contributed by atoms with van der Waals surface area (Å²) in [6, 6.07) is 22.9. The summed E-state index contributed by atoms with van der Waals surface area (Å²) in [5.74, 6) is 0.760. The van der Waals surface area contributed by atoms with Crippen molar-refractivity contribution < 1.29 is 23.8 Å². The zero-order chi connectivity index (χ0) is 27.8. The highest BCUT2D eigenvalue weighted by molar-refractivity contribution is 6.05. The molecule has 39 heavy (non-hydrogen) atoms. The van der Waals surface area contributed by atoms with Gasteiger partial charge in [0.2, 0.25) is 11.8 Å². The number of nitrogens with zero attached hydrogens (tertiary/aromatic N) is 2. The van der Waals surface area contributed by atoms with E-state index in [2.05, 4.69) is 25.9 Å². The molecule has 200 valence electrons. The lowest BCUT2D eigenvalue weighted by Crippen LogP contribution is -2.27. The number of methoxy groups -OCH3 is 1. The van der Waals surface area contributed by atoms with E-state index in [4.69, 9.17) is 14.2 Å². The summed E-state index contributed by atoms with van der Waals surface area (Å²) in [6.07, 6.45) is 0.778. The average Bonchev–Trinajstić information content (AvgIpc) is 2.88.